The van der Waals surface area contributed by atoms with Crippen LogP contribution in [0.2, 0.25) is 5.02 Å². The fraction of sp³-hybridized carbons (Fsp3) is 0.222. The highest BCUT2D eigenvalue weighted by atomic mass is 35.5. The van der Waals surface area contributed by atoms with E-state index in [0.29, 0.717) is 15.5 Å². The minimum absolute atomic E-state index is 0.510. The number of hydrogen-bond donors (Lipinski definition) is 2. The van der Waals surface area contributed by atoms with Crippen molar-refractivity contribution in [1.82, 2.24) is 0 Å². The molecule has 0 aliphatic heterocycles. The van der Waals surface area contributed by atoms with Crippen LogP contribution in [0.1, 0.15) is 18.4 Å². The number of carboxylic acid groups (broad SMARTS) is 1. The third kappa shape index (κ3) is 2.64. The number of thiol groups is 1. The zero-order chi connectivity index (χ0) is 10.0. The first-order chi connectivity index (χ1) is 6.00. The van der Waals surface area contributed by atoms with Gasteiger partial charge in [-0.25, -0.2) is 0 Å². The van der Waals surface area contributed by atoms with Crippen LogP contribution >= 0.6 is 24.2 Å². The monoisotopic (exact) mass is 216 g/mol. The number of aliphatic carboxylic acids is 1. The van der Waals surface area contributed by atoms with Gasteiger partial charge in [-0.05, 0) is 30.7 Å². The molecule has 4 heteroatoms. The van der Waals surface area contributed by atoms with Crippen molar-refractivity contribution in [3.8, 4) is 0 Å². The average Bonchev–Trinajstić information content (AvgIpc) is 2.01. The normalized spacial score (nSPS) is 12.5. The summed E-state index contributed by atoms with van der Waals surface area (Å²) in [5.74, 6) is -1.42. The Morgan fingerprint density at radius 2 is 2.15 bits per heavy atom. The first-order valence-electron chi connectivity index (χ1n) is 3.73. The van der Waals surface area contributed by atoms with Gasteiger partial charge in [0, 0.05) is 9.92 Å². The summed E-state index contributed by atoms with van der Waals surface area (Å²) >= 11 is 9.87. The summed E-state index contributed by atoms with van der Waals surface area (Å²) in [5.41, 5.74) is 0.671. The van der Waals surface area contributed by atoms with Gasteiger partial charge in [0.05, 0.1) is 5.92 Å². The van der Waals surface area contributed by atoms with Crippen LogP contribution in [0.25, 0.3) is 0 Å². The van der Waals surface area contributed by atoms with Crippen molar-refractivity contribution in [2.45, 2.75) is 17.7 Å². The van der Waals surface area contributed by atoms with Crippen LogP contribution in [0.5, 0.6) is 0 Å². The summed E-state index contributed by atoms with van der Waals surface area (Å²) in [7, 11) is 0. The van der Waals surface area contributed by atoms with Crippen LogP contribution in [0.15, 0.2) is 23.1 Å². The van der Waals surface area contributed by atoms with E-state index in [2.05, 4.69) is 12.6 Å². The summed E-state index contributed by atoms with van der Waals surface area (Å²) in [5, 5.41) is 9.26. The van der Waals surface area contributed by atoms with Gasteiger partial charge in [0.1, 0.15) is 0 Å². The molecule has 0 aromatic heterocycles. The second kappa shape index (κ2) is 4.03. The molecule has 1 aromatic carbocycles. The lowest BCUT2D eigenvalue weighted by atomic mass is 10.0. The molecule has 2 nitrogen and oxygen atoms in total. The van der Waals surface area contributed by atoms with Gasteiger partial charge in [0.2, 0.25) is 0 Å². The topological polar surface area (TPSA) is 37.3 Å². The van der Waals surface area contributed by atoms with E-state index >= 15 is 0 Å². The van der Waals surface area contributed by atoms with Crippen LogP contribution in [-0.4, -0.2) is 11.1 Å². The zero-order valence-electron chi connectivity index (χ0n) is 6.99. The first-order valence-corrected chi connectivity index (χ1v) is 4.55. The highest BCUT2D eigenvalue weighted by Gasteiger charge is 2.14. The van der Waals surface area contributed by atoms with Crippen molar-refractivity contribution in [3.05, 3.63) is 28.8 Å². The predicted octanol–water partition coefficient (Wildman–Crippen LogP) is 2.82. The van der Waals surface area contributed by atoms with Gasteiger partial charge in [-0.3, -0.25) is 4.79 Å². The minimum Gasteiger partial charge on any atom is -0.481 e. The molecule has 0 saturated carbocycles. The lowest BCUT2D eigenvalue weighted by Crippen LogP contribution is -2.07. The van der Waals surface area contributed by atoms with Gasteiger partial charge < -0.3 is 5.11 Å². The molecule has 0 aliphatic rings. The second-order valence-corrected chi connectivity index (χ2v) is 3.76. The number of carboxylic acids is 1. The van der Waals surface area contributed by atoms with Crippen molar-refractivity contribution >= 4 is 30.2 Å². The molecule has 0 aliphatic carbocycles. The van der Waals surface area contributed by atoms with Crippen LogP contribution < -0.4 is 0 Å². The smallest absolute Gasteiger partial charge is 0.310 e. The van der Waals surface area contributed by atoms with Crippen molar-refractivity contribution in [1.29, 1.82) is 0 Å². The largest absolute Gasteiger partial charge is 0.481 e. The Kier molecular flexibility index (Phi) is 3.22. The Labute approximate surface area is 86.9 Å². The van der Waals surface area contributed by atoms with E-state index in [1.807, 2.05) is 0 Å². The Morgan fingerprint density at radius 1 is 1.54 bits per heavy atom. The summed E-state index contributed by atoms with van der Waals surface area (Å²) in [4.78, 5) is 11.3. The van der Waals surface area contributed by atoms with E-state index < -0.39 is 11.9 Å². The Hall–Kier alpha value is -0.670. The molecule has 13 heavy (non-hydrogen) atoms. The van der Waals surface area contributed by atoms with E-state index in [4.69, 9.17) is 16.7 Å². The average molecular weight is 217 g/mol. The summed E-state index contributed by atoms with van der Waals surface area (Å²) in [6.45, 7) is 1.61. The summed E-state index contributed by atoms with van der Waals surface area (Å²) < 4.78 is 0. The number of hydrogen-bond acceptors (Lipinski definition) is 2. The molecule has 1 atom stereocenters. The van der Waals surface area contributed by atoms with E-state index in [-0.39, 0.29) is 0 Å². The summed E-state index contributed by atoms with van der Waals surface area (Å²) in [6.07, 6.45) is 0. The number of halogens is 1. The molecule has 0 radical (unpaired) electrons. The van der Waals surface area contributed by atoms with Crippen LogP contribution in [0.4, 0.5) is 0 Å². The van der Waals surface area contributed by atoms with Gasteiger partial charge in [0.15, 0.2) is 0 Å². The molecular formula is C9H9ClO2S. The molecule has 0 fully saturated rings. The summed E-state index contributed by atoms with van der Waals surface area (Å²) in [6, 6.07) is 5.01. The maximum absolute atomic E-state index is 10.7. The van der Waals surface area contributed by atoms with Crippen LogP contribution in [0, 0.1) is 0 Å². The molecule has 1 unspecified atom stereocenters. The maximum atomic E-state index is 10.7. The predicted molar refractivity (Wildman–Crippen MR) is 54.8 cm³/mol. The van der Waals surface area contributed by atoms with Gasteiger partial charge in [0.25, 0.3) is 0 Å². The quantitative estimate of drug-likeness (QED) is 0.746. The Morgan fingerprint density at radius 3 is 2.62 bits per heavy atom. The third-order valence-corrected chi connectivity index (χ3v) is 2.25. The van der Waals surface area contributed by atoms with Crippen LogP contribution in [-0.2, 0) is 4.79 Å². The fourth-order valence-corrected chi connectivity index (χ4v) is 1.60. The van der Waals surface area contributed by atoms with Crippen molar-refractivity contribution in [3.63, 3.8) is 0 Å². The fourth-order valence-electron chi connectivity index (χ4n) is 0.989. The van der Waals surface area contributed by atoms with Gasteiger partial charge in [-0.15, -0.1) is 12.6 Å². The van der Waals surface area contributed by atoms with E-state index in [0.717, 1.165) is 0 Å². The van der Waals surface area contributed by atoms with Gasteiger partial charge in [-0.2, -0.15) is 0 Å². The second-order valence-electron chi connectivity index (χ2n) is 2.80. The van der Waals surface area contributed by atoms with E-state index in [1.54, 1.807) is 25.1 Å². The number of carbonyl (C=O) groups is 1. The van der Waals surface area contributed by atoms with Crippen molar-refractivity contribution in [2.24, 2.45) is 0 Å². The number of benzene rings is 1. The first kappa shape index (κ1) is 10.4. The molecule has 0 bridgehead atoms. The molecule has 0 amide bonds. The molecule has 0 heterocycles. The minimum atomic E-state index is -0.866. The van der Waals surface area contributed by atoms with Crippen molar-refractivity contribution < 1.29 is 9.90 Å². The van der Waals surface area contributed by atoms with Gasteiger partial charge in [-0.1, -0.05) is 11.6 Å². The molecule has 1 N–H and O–H groups in total. The number of rotatable bonds is 2. The molecule has 0 spiro atoms. The zero-order valence-corrected chi connectivity index (χ0v) is 8.64. The molecule has 1 aromatic rings. The molecule has 1 rings (SSSR count). The van der Waals surface area contributed by atoms with E-state index in [1.165, 1.54) is 0 Å². The SMILES string of the molecule is CC(C(=O)O)c1cc(S)cc(Cl)c1. The van der Waals surface area contributed by atoms with Crippen molar-refractivity contribution in [2.75, 3.05) is 0 Å². The van der Waals surface area contributed by atoms with E-state index in [9.17, 15) is 4.79 Å². The third-order valence-electron chi connectivity index (χ3n) is 1.78. The molecule has 70 valence electrons. The Bertz CT molecular complexity index is 318. The standard InChI is InChI=1S/C9H9ClO2S/c1-5(9(11)12)6-2-7(10)4-8(13)3-6/h2-5,13H,1H3,(H,11,12). The van der Waals surface area contributed by atoms with Crippen LogP contribution in [0.3, 0.4) is 0 Å². The lowest BCUT2D eigenvalue weighted by molar-refractivity contribution is -0.138. The Balaban J connectivity index is 3.07. The highest BCUT2D eigenvalue weighted by Crippen LogP contribution is 2.23. The highest BCUT2D eigenvalue weighted by molar-refractivity contribution is 7.80. The molecular weight excluding hydrogens is 208 g/mol. The molecule has 0 saturated heterocycles. The lowest BCUT2D eigenvalue weighted by Gasteiger charge is -2.07. The van der Waals surface area contributed by atoms with Gasteiger partial charge >= 0.3 is 5.97 Å². The maximum Gasteiger partial charge on any atom is 0.310 e.